The molecule has 25 heavy (non-hydrogen) atoms. The largest absolute Gasteiger partial charge is 0.357 e. The molecule has 132 valence electrons. The van der Waals surface area contributed by atoms with Gasteiger partial charge in [0.1, 0.15) is 6.04 Å². The standard InChI is InChI=1S/C19H20F2N2O2/c1-12-3-5-13(6-4-12)7-10-17(24)23-18(19(25)22-2)14-8-9-15(20)16(21)11-14/h3-6,8-9,11,18H,7,10H2,1-2H3,(H,22,25)(H,23,24). The molecule has 0 aromatic heterocycles. The second-order valence-corrected chi connectivity index (χ2v) is 5.77. The predicted octanol–water partition coefficient (Wildman–Crippen LogP) is 2.81. The Morgan fingerprint density at radius 3 is 2.32 bits per heavy atom. The fourth-order valence-corrected chi connectivity index (χ4v) is 2.38. The zero-order valence-corrected chi connectivity index (χ0v) is 14.1. The van der Waals surface area contributed by atoms with E-state index in [4.69, 9.17) is 0 Å². The van der Waals surface area contributed by atoms with Gasteiger partial charge >= 0.3 is 0 Å². The topological polar surface area (TPSA) is 58.2 Å². The van der Waals surface area contributed by atoms with E-state index in [1.807, 2.05) is 31.2 Å². The van der Waals surface area contributed by atoms with E-state index in [1.165, 1.54) is 13.1 Å². The highest BCUT2D eigenvalue weighted by molar-refractivity contribution is 5.88. The van der Waals surface area contributed by atoms with Gasteiger partial charge in [-0.2, -0.15) is 0 Å². The van der Waals surface area contributed by atoms with E-state index in [0.29, 0.717) is 6.42 Å². The average Bonchev–Trinajstić information content (AvgIpc) is 2.61. The van der Waals surface area contributed by atoms with E-state index in [1.54, 1.807) is 0 Å². The fourth-order valence-electron chi connectivity index (χ4n) is 2.38. The Hall–Kier alpha value is -2.76. The molecule has 0 saturated heterocycles. The van der Waals surface area contributed by atoms with E-state index < -0.39 is 23.6 Å². The number of aryl methyl sites for hydroxylation is 2. The number of halogens is 2. The summed E-state index contributed by atoms with van der Waals surface area (Å²) in [6.45, 7) is 1.98. The van der Waals surface area contributed by atoms with Crippen LogP contribution in [0.15, 0.2) is 42.5 Å². The number of amides is 2. The SMILES string of the molecule is CNC(=O)C(NC(=O)CCc1ccc(C)cc1)c1ccc(F)c(F)c1. The van der Waals surface area contributed by atoms with E-state index in [9.17, 15) is 18.4 Å². The number of hydrogen-bond acceptors (Lipinski definition) is 2. The average molecular weight is 346 g/mol. The Morgan fingerprint density at radius 2 is 1.72 bits per heavy atom. The van der Waals surface area contributed by atoms with Gasteiger partial charge < -0.3 is 10.6 Å². The van der Waals surface area contributed by atoms with Crippen LogP contribution in [0.1, 0.15) is 29.2 Å². The van der Waals surface area contributed by atoms with Crippen LogP contribution in [0.4, 0.5) is 8.78 Å². The zero-order chi connectivity index (χ0) is 18.4. The molecule has 0 bridgehead atoms. The molecule has 0 heterocycles. The van der Waals surface area contributed by atoms with E-state index in [2.05, 4.69) is 10.6 Å². The maximum Gasteiger partial charge on any atom is 0.246 e. The van der Waals surface area contributed by atoms with E-state index in [-0.39, 0.29) is 17.9 Å². The Kier molecular flexibility index (Phi) is 6.22. The number of hydrogen-bond donors (Lipinski definition) is 2. The minimum absolute atomic E-state index is 0.181. The summed E-state index contributed by atoms with van der Waals surface area (Å²) in [4.78, 5) is 24.2. The van der Waals surface area contributed by atoms with Crippen molar-refractivity contribution in [1.29, 1.82) is 0 Å². The number of nitrogens with one attached hydrogen (secondary N) is 2. The molecule has 0 aliphatic rings. The molecule has 0 aliphatic carbocycles. The summed E-state index contributed by atoms with van der Waals surface area (Å²) in [5.74, 6) is -2.93. The highest BCUT2D eigenvalue weighted by atomic mass is 19.2. The van der Waals surface area contributed by atoms with E-state index >= 15 is 0 Å². The Balaban J connectivity index is 2.05. The van der Waals surface area contributed by atoms with Gasteiger partial charge in [-0.25, -0.2) is 8.78 Å². The molecular weight excluding hydrogens is 326 g/mol. The Morgan fingerprint density at radius 1 is 1.04 bits per heavy atom. The first kappa shape index (κ1) is 18.6. The normalized spacial score (nSPS) is 11.7. The molecule has 2 aromatic rings. The van der Waals surface area contributed by atoms with Crippen molar-refractivity contribution in [3.63, 3.8) is 0 Å². The van der Waals surface area contributed by atoms with Gasteiger partial charge in [-0.15, -0.1) is 0 Å². The first-order valence-corrected chi connectivity index (χ1v) is 7.92. The minimum Gasteiger partial charge on any atom is -0.357 e. The second-order valence-electron chi connectivity index (χ2n) is 5.77. The molecule has 2 amide bonds. The summed E-state index contributed by atoms with van der Waals surface area (Å²) >= 11 is 0. The predicted molar refractivity (Wildman–Crippen MR) is 90.8 cm³/mol. The lowest BCUT2D eigenvalue weighted by atomic mass is 10.0. The van der Waals surface area contributed by atoms with Gasteiger partial charge in [0.25, 0.3) is 0 Å². The molecule has 0 saturated carbocycles. The maximum atomic E-state index is 13.4. The van der Waals surface area contributed by atoms with Crippen molar-refractivity contribution in [2.24, 2.45) is 0 Å². The number of benzene rings is 2. The molecular formula is C19H20F2N2O2. The summed E-state index contributed by atoms with van der Waals surface area (Å²) in [5, 5.41) is 4.99. The van der Waals surface area contributed by atoms with Crippen molar-refractivity contribution < 1.29 is 18.4 Å². The number of likely N-dealkylation sites (N-methyl/N-ethyl adjacent to an activating group) is 1. The molecule has 1 unspecified atom stereocenters. The smallest absolute Gasteiger partial charge is 0.246 e. The van der Waals surface area contributed by atoms with Crippen LogP contribution in [0, 0.1) is 18.6 Å². The first-order chi connectivity index (χ1) is 11.9. The van der Waals surface area contributed by atoms with Gasteiger partial charge in [-0.05, 0) is 36.6 Å². The van der Waals surface area contributed by atoms with Crippen LogP contribution in [0.2, 0.25) is 0 Å². The first-order valence-electron chi connectivity index (χ1n) is 7.92. The highest BCUT2D eigenvalue weighted by Gasteiger charge is 2.22. The third-order valence-electron chi connectivity index (χ3n) is 3.85. The van der Waals surface area contributed by atoms with Gasteiger partial charge in [0.05, 0.1) is 0 Å². The van der Waals surface area contributed by atoms with Crippen LogP contribution in [0.25, 0.3) is 0 Å². The maximum absolute atomic E-state index is 13.4. The lowest BCUT2D eigenvalue weighted by molar-refractivity contribution is -0.128. The summed E-state index contributed by atoms with van der Waals surface area (Å²) in [6.07, 6.45) is 0.699. The lowest BCUT2D eigenvalue weighted by Crippen LogP contribution is -2.39. The molecule has 0 fully saturated rings. The van der Waals surface area contributed by atoms with Gasteiger partial charge in [0.15, 0.2) is 11.6 Å². The third-order valence-corrected chi connectivity index (χ3v) is 3.85. The Bertz CT molecular complexity index is 761. The lowest BCUT2D eigenvalue weighted by Gasteiger charge is -2.18. The molecule has 0 aliphatic heterocycles. The van der Waals surface area contributed by atoms with Gasteiger partial charge in [-0.3, -0.25) is 9.59 Å². The van der Waals surface area contributed by atoms with Crippen LogP contribution < -0.4 is 10.6 Å². The molecule has 1 atom stereocenters. The molecule has 4 nitrogen and oxygen atoms in total. The van der Waals surface area contributed by atoms with Gasteiger partial charge in [0.2, 0.25) is 11.8 Å². The molecule has 6 heteroatoms. The summed E-state index contributed by atoms with van der Waals surface area (Å²) in [7, 11) is 1.41. The van der Waals surface area contributed by atoms with Crippen LogP contribution >= 0.6 is 0 Å². The minimum atomic E-state index is -1.08. The molecule has 2 rings (SSSR count). The number of carbonyl (C=O) groups excluding carboxylic acids is 2. The van der Waals surface area contributed by atoms with Crippen molar-refractivity contribution in [2.45, 2.75) is 25.8 Å². The highest BCUT2D eigenvalue weighted by Crippen LogP contribution is 2.17. The Labute approximate surface area is 145 Å². The van der Waals surface area contributed by atoms with Crippen LogP contribution in [-0.2, 0) is 16.0 Å². The number of rotatable bonds is 6. The zero-order valence-electron chi connectivity index (χ0n) is 14.1. The number of carbonyl (C=O) groups is 2. The summed E-state index contributed by atoms with van der Waals surface area (Å²) in [6, 6.07) is 9.84. The van der Waals surface area contributed by atoms with Crippen molar-refractivity contribution in [3.8, 4) is 0 Å². The van der Waals surface area contributed by atoms with Crippen molar-refractivity contribution in [1.82, 2.24) is 10.6 Å². The summed E-state index contributed by atoms with van der Waals surface area (Å²) in [5.41, 5.74) is 2.32. The van der Waals surface area contributed by atoms with E-state index in [0.717, 1.165) is 23.3 Å². The van der Waals surface area contributed by atoms with Gasteiger partial charge in [-0.1, -0.05) is 35.9 Å². The second kappa shape index (κ2) is 8.37. The van der Waals surface area contributed by atoms with Crippen LogP contribution in [0.5, 0.6) is 0 Å². The van der Waals surface area contributed by atoms with Crippen LogP contribution in [0.3, 0.4) is 0 Å². The van der Waals surface area contributed by atoms with Crippen LogP contribution in [-0.4, -0.2) is 18.9 Å². The van der Waals surface area contributed by atoms with Crippen molar-refractivity contribution in [3.05, 3.63) is 70.8 Å². The third kappa shape index (κ3) is 5.11. The van der Waals surface area contributed by atoms with Crippen molar-refractivity contribution in [2.75, 3.05) is 7.05 Å². The summed E-state index contributed by atoms with van der Waals surface area (Å²) < 4.78 is 26.5. The fraction of sp³-hybridized carbons (Fsp3) is 0.263. The molecule has 2 N–H and O–H groups in total. The van der Waals surface area contributed by atoms with Crippen molar-refractivity contribution >= 4 is 11.8 Å². The molecule has 2 aromatic carbocycles. The quantitative estimate of drug-likeness (QED) is 0.845. The molecule has 0 spiro atoms. The monoisotopic (exact) mass is 346 g/mol. The molecule has 0 radical (unpaired) electrons. The van der Waals surface area contributed by atoms with Gasteiger partial charge in [0, 0.05) is 13.5 Å².